The van der Waals surface area contributed by atoms with Gasteiger partial charge in [0.2, 0.25) is 5.91 Å². The molecule has 11 heteroatoms. The molecule has 1 fully saturated rings. The van der Waals surface area contributed by atoms with Gasteiger partial charge in [-0.2, -0.15) is 0 Å². The number of aliphatic hydroxyl groups is 7. The second kappa shape index (κ2) is 54.7. The van der Waals surface area contributed by atoms with Crippen molar-refractivity contribution in [3.05, 3.63) is 0 Å². The number of hydrogen-bond donors (Lipinski definition) is 8. The van der Waals surface area contributed by atoms with Gasteiger partial charge in [-0.05, 0) is 12.8 Å². The molecule has 0 radical (unpaired) electrons. The maximum atomic E-state index is 13.2. The fourth-order valence-corrected chi connectivity index (χ4v) is 11.3. The van der Waals surface area contributed by atoms with E-state index in [0.29, 0.717) is 19.3 Å². The Balaban J connectivity index is 2.19. The van der Waals surface area contributed by atoms with Gasteiger partial charge in [0, 0.05) is 0 Å². The molecule has 1 saturated heterocycles. The van der Waals surface area contributed by atoms with Gasteiger partial charge in [0.1, 0.15) is 36.6 Å². The molecule has 0 bridgehead atoms. The lowest BCUT2D eigenvalue weighted by molar-refractivity contribution is -0.303. The molecule has 0 aromatic rings. The van der Waals surface area contributed by atoms with Crippen molar-refractivity contribution in [2.75, 3.05) is 13.2 Å². The lowest BCUT2D eigenvalue weighted by Crippen LogP contribution is -2.60. The van der Waals surface area contributed by atoms with Crippen LogP contribution in [0.2, 0.25) is 0 Å². The lowest BCUT2D eigenvalue weighted by atomic mass is 9.98. The predicted octanol–water partition coefficient (Wildman–Crippen LogP) is 15.3. The van der Waals surface area contributed by atoms with Crippen LogP contribution in [0, 0.1) is 0 Å². The van der Waals surface area contributed by atoms with Crippen molar-refractivity contribution in [2.45, 2.75) is 396 Å². The van der Waals surface area contributed by atoms with Crippen LogP contribution in [0.25, 0.3) is 0 Å². The lowest BCUT2D eigenvalue weighted by Gasteiger charge is -2.40. The van der Waals surface area contributed by atoms with Gasteiger partial charge in [0.05, 0.1) is 25.4 Å². The van der Waals surface area contributed by atoms with E-state index >= 15 is 0 Å². The Labute approximate surface area is 469 Å². The van der Waals surface area contributed by atoms with Crippen LogP contribution in [-0.2, 0) is 14.3 Å². The highest BCUT2D eigenvalue weighted by Gasteiger charge is 2.44. The summed E-state index contributed by atoms with van der Waals surface area (Å²) >= 11 is 0. The summed E-state index contributed by atoms with van der Waals surface area (Å²) in [5.41, 5.74) is 0. The van der Waals surface area contributed by atoms with Crippen LogP contribution in [0.3, 0.4) is 0 Å². The fraction of sp³-hybridized carbons (Fsp3) is 0.985. The predicted molar refractivity (Wildman–Crippen MR) is 316 cm³/mol. The Kier molecular flexibility index (Phi) is 52.6. The first-order valence-electron chi connectivity index (χ1n) is 33.4. The van der Waals surface area contributed by atoms with Crippen molar-refractivity contribution in [3.8, 4) is 0 Å². The van der Waals surface area contributed by atoms with Crippen molar-refractivity contribution < 1.29 is 50.0 Å². The van der Waals surface area contributed by atoms with Crippen LogP contribution in [0.15, 0.2) is 0 Å². The SMILES string of the molecule is CCCCCCCCCCCCCCCCCCCCCCCCCCCCCCCCC(O)C(=O)NC(COC1OC(CO)C(O)C(O)C1O)C(O)C(O)CCCCCCCCCCCCCCCCCCCCC. The number of carbonyl (C=O) groups is 1. The number of amides is 1. The standard InChI is InChI=1S/C65H129NO10/c1-3-5-7-9-11-13-15-17-19-21-23-24-25-26-27-28-29-30-31-32-33-35-37-39-41-43-45-47-49-51-53-58(69)64(74)66-56(55-75-65-63(73)62(72)61(71)59(54-67)76-65)60(70)57(68)52-50-48-46-44-42-40-38-36-34-22-20-18-16-14-12-10-8-6-4-2/h56-63,65,67-73H,3-55H2,1-2H3,(H,66,74). The number of rotatable bonds is 59. The summed E-state index contributed by atoms with van der Waals surface area (Å²) in [7, 11) is 0. The normalized spacial score (nSPS) is 19.5. The van der Waals surface area contributed by atoms with Gasteiger partial charge in [-0.15, -0.1) is 0 Å². The summed E-state index contributed by atoms with van der Waals surface area (Å²) in [5.74, 6) is -0.687. The zero-order valence-electron chi connectivity index (χ0n) is 50.0. The van der Waals surface area contributed by atoms with Crippen LogP contribution in [0.5, 0.6) is 0 Å². The van der Waals surface area contributed by atoms with Gasteiger partial charge in [-0.1, -0.05) is 328 Å². The summed E-state index contributed by atoms with van der Waals surface area (Å²) in [4.78, 5) is 13.2. The maximum Gasteiger partial charge on any atom is 0.249 e. The summed E-state index contributed by atoms with van der Waals surface area (Å²) in [6.45, 7) is 3.52. The van der Waals surface area contributed by atoms with Gasteiger partial charge >= 0.3 is 0 Å². The minimum Gasteiger partial charge on any atom is -0.394 e. The first kappa shape index (κ1) is 73.1. The highest BCUT2D eigenvalue weighted by atomic mass is 16.7. The van der Waals surface area contributed by atoms with Crippen molar-refractivity contribution in [3.63, 3.8) is 0 Å². The van der Waals surface area contributed by atoms with Gasteiger partial charge in [-0.3, -0.25) is 4.79 Å². The van der Waals surface area contributed by atoms with Gasteiger partial charge in [-0.25, -0.2) is 0 Å². The average molecular weight is 1080 g/mol. The van der Waals surface area contributed by atoms with Crippen LogP contribution in [0.1, 0.15) is 341 Å². The molecule has 1 heterocycles. The minimum absolute atomic E-state index is 0.267. The Bertz CT molecular complexity index is 1200. The van der Waals surface area contributed by atoms with Gasteiger partial charge < -0.3 is 50.5 Å². The molecule has 11 nitrogen and oxygen atoms in total. The molecule has 1 amide bonds. The maximum absolute atomic E-state index is 13.2. The second-order valence-electron chi connectivity index (χ2n) is 23.9. The van der Waals surface area contributed by atoms with E-state index in [1.165, 1.54) is 263 Å². The molecule has 1 aliphatic rings. The van der Waals surface area contributed by atoms with E-state index in [2.05, 4.69) is 19.2 Å². The Morgan fingerprint density at radius 1 is 0.408 bits per heavy atom. The van der Waals surface area contributed by atoms with Crippen molar-refractivity contribution in [1.29, 1.82) is 0 Å². The molecule has 0 aromatic heterocycles. The van der Waals surface area contributed by atoms with E-state index in [9.17, 15) is 40.5 Å². The smallest absolute Gasteiger partial charge is 0.249 e. The molecule has 9 atom stereocenters. The van der Waals surface area contributed by atoms with E-state index < -0.39 is 74.2 Å². The largest absolute Gasteiger partial charge is 0.394 e. The van der Waals surface area contributed by atoms with E-state index in [1.807, 2.05) is 0 Å². The first-order chi connectivity index (χ1) is 37.2. The molecular weight excluding hydrogens is 955 g/mol. The molecule has 1 rings (SSSR count). The molecule has 0 saturated carbocycles. The van der Waals surface area contributed by atoms with Gasteiger partial charge in [0.25, 0.3) is 0 Å². The molecular formula is C65H129NO10. The highest BCUT2D eigenvalue weighted by molar-refractivity contribution is 5.80. The van der Waals surface area contributed by atoms with Crippen molar-refractivity contribution in [1.82, 2.24) is 5.32 Å². The summed E-state index contributed by atoms with van der Waals surface area (Å²) in [6, 6.07) is -1.16. The topological polar surface area (TPSA) is 189 Å². The van der Waals surface area contributed by atoms with Crippen LogP contribution >= 0.6 is 0 Å². The zero-order valence-corrected chi connectivity index (χ0v) is 50.0. The quantitative estimate of drug-likeness (QED) is 0.0272. The third kappa shape index (κ3) is 42.0. The number of carbonyl (C=O) groups excluding carboxylic acids is 1. The Morgan fingerprint density at radius 3 is 0.974 bits per heavy atom. The fourth-order valence-electron chi connectivity index (χ4n) is 11.3. The van der Waals surface area contributed by atoms with Crippen LogP contribution in [-0.4, -0.2) is 110 Å². The second-order valence-corrected chi connectivity index (χ2v) is 23.9. The summed E-state index contributed by atoms with van der Waals surface area (Å²) in [6.07, 6.45) is 53.2. The molecule has 1 aliphatic heterocycles. The molecule has 0 spiro atoms. The summed E-state index contributed by atoms with van der Waals surface area (Å²) < 4.78 is 11.2. The third-order valence-corrected chi connectivity index (χ3v) is 16.7. The number of ether oxygens (including phenoxy) is 2. The van der Waals surface area contributed by atoms with Crippen LogP contribution in [0.4, 0.5) is 0 Å². The van der Waals surface area contributed by atoms with E-state index in [0.717, 1.165) is 38.5 Å². The molecule has 0 aliphatic carbocycles. The van der Waals surface area contributed by atoms with E-state index in [-0.39, 0.29) is 6.42 Å². The monoisotopic (exact) mass is 1080 g/mol. The molecule has 0 aromatic carbocycles. The number of aliphatic hydroxyl groups excluding tert-OH is 7. The van der Waals surface area contributed by atoms with E-state index in [1.54, 1.807) is 0 Å². The number of unbranched alkanes of at least 4 members (excludes halogenated alkanes) is 47. The molecule has 76 heavy (non-hydrogen) atoms. The first-order valence-corrected chi connectivity index (χ1v) is 33.4. The average Bonchev–Trinajstić information content (AvgIpc) is 3.42. The van der Waals surface area contributed by atoms with Crippen LogP contribution < -0.4 is 5.32 Å². The molecule has 454 valence electrons. The third-order valence-electron chi connectivity index (χ3n) is 16.7. The van der Waals surface area contributed by atoms with Crippen molar-refractivity contribution >= 4 is 5.91 Å². The highest BCUT2D eigenvalue weighted by Crippen LogP contribution is 2.24. The molecule has 9 unspecified atom stereocenters. The minimum atomic E-state index is -1.66. The number of hydrogen-bond acceptors (Lipinski definition) is 10. The Morgan fingerprint density at radius 2 is 0.684 bits per heavy atom. The zero-order chi connectivity index (χ0) is 55.4. The summed E-state index contributed by atoms with van der Waals surface area (Å²) in [5, 5.41) is 76.4. The van der Waals surface area contributed by atoms with E-state index in [4.69, 9.17) is 9.47 Å². The van der Waals surface area contributed by atoms with Crippen molar-refractivity contribution in [2.24, 2.45) is 0 Å². The molecule has 8 N–H and O–H groups in total. The van der Waals surface area contributed by atoms with Gasteiger partial charge in [0.15, 0.2) is 6.29 Å². The number of nitrogens with one attached hydrogen (secondary N) is 1. The Hall–Kier alpha value is -0.890.